The Morgan fingerprint density at radius 3 is 2.50 bits per heavy atom. The number of rotatable bonds is 9. The van der Waals surface area contributed by atoms with Crippen molar-refractivity contribution in [2.75, 3.05) is 13.6 Å². The molecule has 0 fully saturated rings. The van der Waals surface area contributed by atoms with E-state index in [1.807, 2.05) is 11.9 Å². The van der Waals surface area contributed by atoms with Gasteiger partial charge in [-0.05, 0) is 55.2 Å². The zero-order valence-corrected chi connectivity index (χ0v) is 22.5. The third-order valence-electron chi connectivity index (χ3n) is 5.97. The standard InChI is InChI=1S/C27H21F2N7O5S/c1-36-7-6-32-24(36)16-9-15(42-27-34-10-14(11-35-27)26(38)39)3-5-19(16)40-22-17(28)12-33-25(21(22)29)41-20-8-13(23(30)31)2-4-18(20)37/h2-6,8-12,24,37H,7H2,1H3,(H3,30,31)(H,38,39). The lowest BCUT2D eigenvalue weighted by Crippen LogP contribution is -2.19. The number of nitrogen functional groups attached to an aromatic ring is 1. The number of nitrogens with one attached hydrogen (secondary N) is 1. The third kappa shape index (κ3) is 5.96. The monoisotopic (exact) mass is 593 g/mol. The average molecular weight is 594 g/mol. The molecule has 214 valence electrons. The Hall–Kier alpha value is -5.15. The molecule has 0 saturated carbocycles. The molecule has 5 N–H and O–H groups in total. The lowest BCUT2D eigenvalue weighted by Gasteiger charge is -2.22. The molecule has 2 aromatic carbocycles. The number of halogens is 2. The van der Waals surface area contributed by atoms with Gasteiger partial charge in [-0.3, -0.25) is 15.3 Å². The van der Waals surface area contributed by atoms with Crippen molar-refractivity contribution in [2.45, 2.75) is 16.2 Å². The van der Waals surface area contributed by atoms with Crippen LogP contribution in [0.4, 0.5) is 8.78 Å². The Morgan fingerprint density at radius 1 is 1.07 bits per heavy atom. The summed E-state index contributed by atoms with van der Waals surface area (Å²) in [4.78, 5) is 29.8. The molecule has 5 rings (SSSR count). The predicted molar refractivity (Wildman–Crippen MR) is 147 cm³/mol. The molecule has 0 radical (unpaired) electrons. The zero-order valence-electron chi connectivity index (χ0n) is 21.7. The van der Waals surface area contributed by atoms with Gasteiger partial charge in [-0.1, -0.05) is 0 Å². The van der Waals surface area contributed by atoms with Gasteiger partial charge in [0.2, 0.25) is 11.6 Å². The molecule has 3 heterocycles. The number of aromatic carboxylic acids is 1. The maximum Gasteiger partial charge on any atom is 0.338 e. The van der Waals surface area contributed by atoms with Crippen LogP contribution in [-0.4, -0.2) is 61.7 Å². The van der Waals surface area contributed by atoms with E-state index in [9.17, 15) is 14.3 Å². The molecule has 0 spiro atoms. The number of benzene rings is 2. The molecular formula is C27H21F2N7O5S. The van der Waals surface area contributed by atoms with E-state index in [1.54, 1.807) is 18.3 Å². The summed E-state index contributed by atoms with van der Waals surface area (Å²) in [6.07, 6.45) is 4.25. The largest absolute Gasteiger partial charge is 0.504 e. The van der Waals surface area contributed by atoms with Gasteiger partial charge >= 0.3 is 5.97 Å². The fourth-order valence-electron chi connectivity index (χ4n) is 3.85. The molecule has 0 bridgehead atoms. The molecule has 1 atom stereocenters. The number of phenolic OH excluding ortho intramolecular Hbond substituents is 1. The van der Waals surface area contributed by atoms with Crippen LogP contribution in [0.3, 0.4) is 0 Å². The molecule has 15 heteroatoms. The average Bonchev–Trinajstić information content (AvgIpc) is 3.39. The molecule has 0 amide bonds. The van der Waals surface area contributed by atoms with Crippen LogP contribution >= 0.6 is 11.8 Å². The van der Waals surface area contributed by atoms with Gasteiger partial charge < -0.3 is 25.4 Å². The first-order valence-electron chi connectivity index (χ1n) is 12.1. The topological polar surface area (TPSA) is 180 Å². The van der Waals surface area contributed by atoms with E-state index < -0.39 is 35.4 Å². The number of nitrogens with zero attached hydrogens (tertiary/aromatic N) is 5. The second kappa shape index (κ2) is 11.8. The smallest absolute Gasteiger partial charge is 0.338 e. The summed E-state index contributed by atoms with van der Waals surface area (Å²) in [5.74, 6) is -5.88. The van der Waals surface area contributed by atoms with Crippen LogP contribution in [0.5, 0.6) is 28.9 Å². The number of aromatic nitrogens is 3. The molecule has 0 aliphatic carbocycles. The lowest BCUT2D eigenvalue weighted by molar-refractivity contribution is 0.0695. The second-order valence-electron chi connectivity index (χ2n) is 8.86. The SMILES string of the molecule is CN1CC=NC1c1cc(Sc2ncc(C(=O)O)cn2)ccc1Oc1c(F)cnc(Oc2cc(C(=N)N)ccc2O)c1F. The summed E-state index contributed by atoms with van der Waals surface area (Å²) < 4.78 is 41.6. The fourth-order valence-corrected chi connectivity index (χ4v) is 4.60. The van der Waals surface area contributed by atoms with E-state index in [1.165, 1.54) is 36.7 Å². The number of phenols is 1. The van der Waals surface area contributed by atoms with Gasteiger partial charge in [0.25, 0.3) is 5.88 Å². The quantitative estimate of drug-likeness (QED) is 0.121. The van der Waals surface area contributed by atoms with Crippen LogP contribution in [0.1, 0.15) is 27.7 Å². The summed E-state index contributed by atoms with van der Waals surface area (Å²) >= 11 is 1.14. The van der Waals surface area contributed by atoms with Crippen molar-refractivity contribution in [3.05, 3.63) is 83.3 Å². The Morgan fingerprint density at radius 2 is 1.83 bits per heavy atom. The number of aliphatic imine (C=N–C) groups is 1. The highest BCUT2D eigenvalue weighted by molar-refractivity contribution is 7.99. The number of carboxylic acids is 1. The fraction of sp³-hybridized carbons (Fsp3) is 0.111. The normalized spacial score (nSPS) is 14.6. The minimum atomic E-state index is -1.28. The maximum atomic E-state index is 15.5. The van der Waals surface area contributed by atoms with E-state index in [0.29, 0.717) is 23.2 Å². The maximum absolute atomic E-state index is 15.5. The highest BCUT2D eigenvalue weighted by Crippen LogP contribution is 2.41. The van der Waals surface area contributed by atoms with Gasteiger partial charge in [0.05, 0.1) is 11.8 Å². The molecule has 1 unspecified atom stereocenters. The Balaban J connectivity index is 1.48. The highest BCUT2D eigenvalue weighted by atomic mass is 32.2. The van der Waals surface area contributed by atoms with Gasteiger partial charge in [-0.25, -0.2) is 24.1 Å². The Labute approximate surface area is 241 Å². The first kappa shape index (κ1) is 28.4. The van der Waals surface area contributed by atoms with Crippen molar-refractivity contribution in [3.8, 4) is 28.9 Å². The molecule has 4 aromatic rings. The summed E-state index contributed by atoms with van der Waals surface area (Å²) in [7, 11) is 1.82. The van der Waals surface area contributed by atoms with Crippen LogP contribution in [0.25, 0.3) is 0 Å². The Kier molecular flexibility index (Phi) is 7.95. The summed E-state index contributed by atoms with van der Waals surface area (Å²) in [6, 6.07) is 8.63. The number of nitrogens with two attached hydrogens (primary N) is 1. The van der Waals surface area contributed by atoms with Gasteiger partial charge in [-0.15, -0.1) is 0 Å². The molecule has 1 aliphatic rings. The first-order chi connectivity index (χ1) is 20.1. The number of hydrogen-bond donors (Lipinski definition) is 4. The predicted octanol–water partition coefficient (Wildman–Crippen LogP) is 4.59. The molecule has 2 aromatic heterocycles. The van der Waals surface area contributed by atoms with E-state index in [-0.39, 0.29) is 39.4 Å². The molecule has 42 heavy (non-hydrogen) atoms. The van der Waals surface area contributed by atoms with E-state index >= 15 is 4.39 Å². The van der Waals surface area contributed by atoms with Crippen LogP contribution in [-0.2, 0) is 0 Å². The van der Waals surface area contributed by atoms with Crippen molar-refractivity contribution in [1.82, 2.24) is 19.9 Å². The van der Waals surface area contributed by atoms with Crippen molar-refractivity contribution < 1.29 is 33.3 Å². The van der Waals surface area contributed by atoms with E-state index in [4.69, 9.17) is 25.7 Å². The third-order valence-corrected chi connectivity index (χ3v) is 6.85. The first-order valence-corrected chi connectivity index (χ1v) is 12.9. The van der Waals surface area contributed by atoms with Gasteiger partial charge in [-0.2, -0.15) is 4.39 Å². The van der Waals surface area contributed by atoms with Gasteiger partial charge in [0.15, 0.2) is 22.5 Å². The molecule has 1 aliphatic heterocycles. The molecule has 0 saturated heterocycles. The van der Waals surface area contributed by atoms with Crippen LogP contribution < -0.4 is 15.2 Å². The summed E-state index contributed by atoms with van der Waals surface area (Å²) in [5, 5.41) is 27.0. The van der Waals surface area contributed by atoms with Crippen molar-refractivity contribution in [1.29, 1.82) is 5.41 Å². The summed E-state index contributed by atoms with van der Waals surface area (Å²) in [6.45, 7) is 0.528. The number of carboxylic acid groups (broad SMARTS) is 1. The van der Waals surface area contributed by atoms with Crippen LogP contribution in [0.2, 0.25) is 0 Å². The number of pyridine rings is 1. The molecular weight excluding hydrogens is 572 g/mol. The van der Waals surface area contributed by atoms with Gasteiger partial charge in [0, 0.05) is 41.2 Å². The Bertz CT molecular complexity index is 1720. The van der Waals surface area contributed by atoms with Crippen molar-refractivity contribution >= 4 is 29.8 Å². The van der Waals surface area contributed by atoms with Crippen LogP contribution in [0, 0.1) is 17.0 Å². The lowest BCUT2D eigenvalue weighted by atomic mass is 10.1. The van der Waals surface area contributed by atoms with E-state index in [2.05, 4.69) is 19.9 Å². The number of ether oxygens (including phenoxy) is 2. The van der Waals surface area contributed by atoms with Crippen molar-refractivity contribution in [3.63, 3.8) is 0 Å². The minimum Gasteiger partial charge on any atom is -0.504 e. The van der Waals surface area contributed by atoms with Gasteiger partial charge in [0.1, 0.15) is 17.8 Å². The van der Waals surface area contributed by atoms with Crippen molar-refractivity contribution in [2.24, 2.45) is 10.7 Å². The number of carbonyl (C=O) groups is 1. The zero-order chi connectivity index (χ0) is 30.0. The van der Waals surface area contributed by atoms with Crippen LogP contribution in [0.15, 0.2) is 70.0 Å². The highest BCUT2D eigenvalue weighted by Gasteiger charge is 2.27. The summed E-state index contributed by atoms with van der Waals surface area (Å²) in [5.41, 5.74) is 6.10. The second-order valence-corrected chi connectivity index (χ2v) is 9.90. The minimum absolute atomic E-state index is 0.0581. The number of aromatic hydroxyl groups is 1. The number of amidine groups is 1. The number of hydrogen-bond acceptors (Lipinski definition) is 11. The van der Waals surface area contributed by atoms with E-state index in [0.717, 1.165) is 11.8 Å². The molecule has 12 nitrogen and oxygen atoms in total.